The molecule has 0 atom stereocenters. The van der Waals surface area contributed by atoms with E-state index in [1.54, 1.807) is 0 Å². The van der Waals surface area contributed by atoms with Crippen molar-refractivity contribution in [3.8, 4) is 62.5 Å². The SMILES string of the molecule is N#Cc1ccc2c(c1)C1(CCCCC1)c1cc(-c3nc(-c4ccc(-c5ccccc5)cc4)nc(-c4ccc5c(c4)oc4ccccc45)n3)ccc1-2. The summed E-state index contributed by atoms with van der Waals surface area (Å²) in [5.41, 5.74) is 12.4. The van der Waals surface area contributed by atoms with Crippen molar-refractivity contribution in [1.82, 2.24) is 15.0 Å². The van der Waals surface area contributed by atoms with Crippen LogP contribution in [0.3, 0.4) is 0 Å². The number of hydrogen-bond donors (Lipinski definition) is 0. The Morgan fingerprint density at radius 1 is 0.490 bits per heavy atom. The highest BCUT2D eigenvalue weighted by molar-refractivity contribution is 6.05. The summed E-state index contributed by atoms with van der Waals surface area (Å²) in [7, 11) is 0. The maximum atomic E-state index is 9.80. The predicted molar refractivity (Wildman–Crippen MR) is 203 cm³/mol. The number of benzene rings is 6. The van der Waals surface area contributed by atoms with Crippen LogP contribution in [0.25, 0.3) is 78.4 Å². The molecule has 2 aliphatic carbocycles. The lowest BCUT2D eigenvalue weighted by Gasteiger charge is -2.36. The van der Waals surface area contributed by atoms with Crippen LogP contribution in [-0.2, 0) is 5.41 Å². The van der Waals surface area contributed by atoms with Crippen molar-refractivity contribution in [3.05, 3.63) is 150 Å². The quantitative estimate of drug-likeness (QED) is 0.188. The van der Waals surface area contributed by atoms with E-state index in [2.05, 4.69) is 103 Å². The van der Waals surface area contributed by atoms with Gasteiger partial charge in [0, 0.05) is 32.9 Å². The molecule has 51 heavy (non-hydrogen) atoms. The van der Waals surface area contributed by atoms with E-state index in [0.29, 0.717) is 17.5 Å². The van der Waals surface area contributed by atoms with Crippen LogP contribution < -0.4 is 0 Å². The molecule has 1 fully saturated rings. The summed E-state index contributed by atoms with van der Waals surface area (Å²) in [6.07, 6.45) is 5.73. The van der Waals surface area contributed by atoms with Crippen molar-refractivity contribution >= 4 is 21.9 Å². The molecule has 10 rings (SSSR count). The molecule has 0 saturated heterocycles. The third kappa shape index (κ3) is 4.79. The first-order valence-electron chi connectivity index (χ1n) is 17.7. The van der Waals surface area contributed by atoms with Gasteiger partial charge in [-0.2, -0.15) is 5.26 Å². The van der Waals surface area contributed by atoms with Crippen LogP contribution in [-0.4, -0.2) is 15.0 Å². The largest absolute Gasteiger partial charge is 0.456 e. The maximum absolute atomic E-state index is 9.80. The average Bonchev–Trinajstić information content (AvgIpc) is 3.70. The van der Waals surface area contributed by atoms with E-state index in [9.17, 15) is 5.26 Å². The highest BCUT2D eigenvalue weighted by atomic mass is 16.3. The molecule has 2 aromatic heterocycles. The molecule has 242 valence electrons. The lowest BCUT2D eigenvalue weighted by atomic mass is 9.67. The number of para-hydroxylation sites is 1. The van der Waals surface area contributed by atoms with Crippen LogP contribution in [0.15, 0.2) is 138 Å². The number of fused-ring (bicyclic) bond motifs is 8. The fourth-order valence-electron chi connectivity index (χ4n) is 8.47. The molecule has 0 radical (unpaired) electrons. The summed E-state index contributed by atoms with van der Waals surface area (Å²) in [5, 5.41) is 12.0. The van der Waals surface area contributed by atoms with Crippen LogP contribution in [0, 0.1) is 11.3 Å². The van der Waals surface area contributed by atoms with Crippen molar-refractivity contribution in [2.75, 3.05) is 0 Å². The zero-order valence-electron chi connectivity index (χ0n) is 27.9. The molecule has 2 aliphatic rings. The third-order valence-electron chi connectivity index (χ3n) is 11.0. The number of aromatic nitrogens is 3. The molecular formula is C46H32N4O. The van der Waals surface area contributed by atoms with Crippen molar-refractivity contribution in [1.29, 1.82) is 5.26 Å². The predicted octanol–water partition coefficient (Wildman–Crippen LogP) is 11.5. The molecule has 2 heterocycles. The molecule has 0 aliphatic heterocycles. The molecule has 5 heteroatoms. The summed E-state index contributed by atoms with van der Waals surface area (Å²) in [5.74, 6) is 1.85. The van der Waals surface area contributed by atoms with E-state index < -0.39 is 0 Å². The van der Waals surface area contributed by atoms with Gasteiger partial charge in [-0.05, 0) is 82.6 Å². The summed E-state index contributed by atoms with van der Waals surface area (Å²) >= 11 is 0. The topological polar surface area (TPSA) is 75.6 Å². The van der Waals surface area contributed by atoms with Gasteiger partial charge in [-0.15, -0.1) is 0 Å². The molecule has 1 saturated carbocycles. The molecule has 0 bridgehead atoms. The minimum absolute atomic E-state index is 0.107. The second-order valence-electron chi connectivity index (χ2n) is 13.8. The Morgan fingerprint density at radius 3 is 1.82 bits per heavy atom. The van der Waals surface area contributed by atoms with Crippen LogP contribution in [0.2, 0.25) is 0 Å². The zero-order chi connectivity index (χ0) is 33.9. The van der Waals surface area contributed by atoms with Crippen LogP contribution in [0.5, 0.6) is 0 Å². The van der Waals surface area contributed by atoms with E-state index in [1.165, 1.54) is 41.5 Å². The minimum atomic E-state index is -0.107. The van der Waals surface area contributed by atoms with Crippen LogP contribution in [0.4, 0.5) is 0 Å². The highest BCUT2D eigenvalue weighted by Gasteiger charge is 2.44. The standard InChI is InChI=1S/C46H32N4O/c47-28-29-13-20-35-36-21-18-33(26-40(36)46(39(35)25-29)23-7-2-8-24-46)44-48-43(32-16-14-31(15-17-32)30-9-3-1-4-10-30)49-45(50-44)34-19-22-38-37-11-5-6-12-41(37)51-42(38)27-34/h1,3-6,9-22,25-27H,2,7-8,23-24H2. The van der Waals surface area contributed by atoms with E-state index in [-0.39, 0.29) is 5.41 Å². The fraction of sp³-hybridized carbons (Fsp3) is 0.130. The van der Waals surface area contributed by atoms with E-state index in [1.807, 2.05) is 36.4 Å². The van der Waals surface area contributed by atoms with Crippen LogP contribution >= 0.6 is 0 Å². The Hall–Kier alpha value is -6.38. The lowest BCUT2D eigenvalue weighted by molar-refractivity contribution is 0.353. The second-order valence-corrected chi connectivity index (χ2v) is 13.8. The van der Waals surface area contributed by atoms with Gasteiger partial charge in [0.15, 0.2) is 17.5 Å². The van der Waals surface area contributed by atoms with Crippen molar-refractivity contribution in [3.63, 3.8) is 0 Å². The Bertz CT molecular complexity index is 2680. The Labute approximate surface area is 295 Å². The molecule has 0 unspecified atom stereocenters. The molecule has 0 amide bonds. The molecule has 6 aromatic carbocycles. The lowest BCUT2D eigenvalue weighted by Crippen LogP contribution is -2.28. The minimum Gasteiger partial charge on any atom is -0.456 e. The van der Waals surface area contributed by atoms with Gasteiger partial charge >= 0.3 is 0 Å². The number of nitriles is 1. The number of furan rings is 1. The van der Waals surface area contributed by atoms with Gasteiger partial charge in [-0.1, -0.05) is 116 Å². The van der Waals surface area contributed by atoms with E-state index in [4.69, 9.17) is 19.4 Å². The Morgan fingerprint density at radius 2 is 1.06 bits per heavy atom. The van der Waals surface area contributed by atoms with Crippen molar-refractivity contribution < 1.29 is 4.42 Å². The summed E-state index contributed by atoms with van der Waals surface area (Å²) in [6, 6.07) is 48.5. The first-order valence-corrected chi connectivity index (χ1v) is 17.7. The van der Waals surface area contributed by atoms with E-state index in [0.717, 1.165) is 68.2 Å². The smallest absolute Gasteiger partial charge is 0.164 e. The molecule has 8 aromatic rings. The second kappa shape index (κ2) is 11.6. The summed E-state index contributed by atoms with van der Waals surface area (Å²) in [6.45, 7) is 0. The maximum Gasteiger partial charge on any atom is 0.164 e. The van der Waals surface area contributed by atoms with Gasteiger partial charge in [0.25, 0.3) is 0 Å². The van der Waals surface area contributed by atoms with Gasteiger partial charge in [-0.3, -0.25) is 0 Å². The average molecular weight is 657 g/mol. The molecule has 5 nitrogen and oxygen atoms in total. The summed E-state index contributed by atoms with van der Waals surface area (Å²) < 4.78 is 6.27. The van der Waals surface area contributed by atoms with Gasteiger partial charge in [-0.25, -0.2) is 15.0 Å². The molecule has 0 N–H and O–H groups in total. The first-order chi connectivity index (χ1) is 25.2. The monoisotopic (exact) mass is 656 g/mol. The number of nitrogens with zero attached hydrogens (tertiary/aromatic N) is 4. The number of hydrogen-bond acceptors (Lipinski definition) is 5. The van der Waals surface area contributed by atoms with Crippen molar-refractivity contribution in [2.24, 2.45) is 0 Å². The van der Waals surface area contributed by atoms with Gasteiger partial charge < -0.3 is 4.42 Å². The normalized spacial score (nSPS) is 14.4. The Kier molecular flexibility index (Phi) is 6.72. The third-order valence-corrected chi connectivity index (χ3v) is 11.0. The Balaban J connectivity index is 1.14. The molecular weight excluding hydrogens is 625 g/mol. The highest BCUT2D eigenvalue weighted by Crippen LogP contribution is 2.56. The first kappa shape index (κ1) is 29.5. The van der Waals surface area contributed by atoms with Gasteiger partial charge in [0.1, 0.15) is 11.2 Å². The van der Waals surface area contributed by atoms with E-state index >= 15 is 0 Å². The van der Waals surface area contributed by atoms with Gasteiger partial charge in [0.2, 0.25) is 0 Å². The number of rotatable bonds is 4. The summed E-state index contributed by atoms with van der Waals surface area (Å²) in [4.78, 5) is 15.4. The van der Waals surface area contributed by atoms with Crippen molar-refractivity contribution in [2.45, 2.75) is 37.5 Å². The van der Waals surface area contributed by atoms with Crippen LogP contribution in [0.1, 0.15) is 48.8 Å². The fourth-order valence-corrected chi connectivity index (χ4v) is 8.47. The molecule has 1 spiro atoms. The van der Waals surface area contributed by atoms with Gasteiger partial charge in [0.05, 0.1) is 11.6 Å². The zero-order valence-corrected chi connectivity index (χ0v) is 27.9.